The fraction of sp³-hybridized carbons (Fsp3) is 0.0909. The van der Waals surface area contributed by atoms with Crippen molar-refractivity contribution in [3.8, 4) is 11.5 Å². The number of hydrogen-bond donors (Lipinski definition) is 2. The molecule has 96 valence electrons. The number of halogens is 1. The summed E-state index contributed by atoms with van der Waals surface area (Å²) >= 11 is 3.36. The summed E-state index contributed by atoms with van der Waals surface area (Å²) in [5.41, 5.74) is 0.112. The molecule has 0 spiro atoms. The predicted molar refractivity (Wildman–Crippen MR) is 72.9 cm³/mol. The molecular weight excluding hydrogens is 314 g/mol. The van der Waals surface area contributed by atoms with E-state index < -0.39 is 11.2 Å². The molecule has 0 unspecified atom stereocenters. The largest absolute Gasteiger partial charge is 0.331 e. The van der Waals surface area contributed by atoms with Crippen molar-refractivity contribution in [3.05, 3.63) is 43.6 Å². The summed E-state index contributed by atoms with van der Waals surface area (Å²) in [4.78, 5) is 36.7. The molecule has 0 aliphatic rings. The monoisotopic (exact) mass is 321 g/mol. The minimum atomic E-state index is -0.504. The van der Waals surface area contributed by atoms with Crippen LogP contribution in [0.2, 0.25) is 0 Å². The van der Waals surface area contributed by atoms with Crippen molar-refractivity contribution in [1.29, 1.82) is 0 Å². The molecule has 3 aromatic rings. The zero-order valence-corrected chi connectivity index (χ0v) is 11.4. The normalized spacial score (nSPS) is 11.1. The van der Waals surface area contributed by atoms with Gasteiger partial charge in [-0.25, -0.2) is 9.78 Å². The molecule has 2 N–H and O–H groups in total. The Balaban J connectivity index is 2.38. The molecule has 0 fully saturated rings. The van der Waals surface area contributed by atoms with Gasteiger partial charge in [-0.05, 0) is 28.1 Å². The van der Waals surface area contributed by atoms with Gasteiger partial charge in [0, 0.05) is 17.7 Å². The second-order valence-corrected chi connectivity index (χ2v) is 4.79. The van der Waals surface area contributed by atoms with Crippen molar-refractivity contribution in [2.45, 2.75) is 0 Å². The fourth-order valence-electron chi connectivity index (χ4n) is 1.78. The molecule has 0 radical (unpaired) electrons. The van der Waals surface area contributed by atoms with Gasteiger partial charge in [-0.1, -0.05) is 0 Å². The highest BCUT2D eigenvalue weighted by Gasteiger charge is 2.14. The van der Waals surface area contributed by atoms with Crippen LogP contribution in [0.3, 0.4) is 0 Å². The summed E-state index contributed by atoms with van der Waals surface area (Å²) in [6.07, 6.45) is 1.62. The average Bonchev–Trinajstić information content (AvgIpc) is 2.82. The average molecular weight is 322 g/mol. The van der Waals surface area contributed by atoms with E-state index in [9.17, 15) is 9.59 Å². The summed E-state index contributed by atoms with van der Waals surface area (Å²) < 4.78 is 2.02. The number of imidazole rings is 1. The number of aromatic nitrogens is 5. The maximum Gasteiger partial charge on any atom is 0.329 e. The Labute approximate surface area is 114 Å². The molecule has 0 saturated heterocycles. The first kappa shape index (κ1) is 11.8. The first-order valence-corrected chi connectivity index (χ1v) is 6.17. The van der Waals surface area contributed by atoms with E-state index in [-0.39, 0.29) is 5.52 Å². The van der Waals surface area contributed by atoms with Crippen molar-refractivity contribution in [3.63, 3.8) is 0 Å². The number of rotatable bonds is 1. The maximum absolute atomic E-state index is 11.7. The minimum Gasteiger partial charge on any atom is -0.331 e. The topological polar surface area (TPSA) is 96.4 Å². The van der Waals surface area contributed by atoms with Crippen LogP contribution in [0.5, 0.6) is 0 Å². The lowest BCUT2D eigenvalue weighted by molar-refractivity contribution is 0.832. The molecule has 19 heavy (non-hydrogen) atoms. The van der Waals surface area contributed by atoms with Gasteiger partial charge in [-0.15, -0.1) is 0 Å². The zero-order valence-electron chi connectivity index (χ0n) is 9.77. The van der Waals surface area contributed by atoms with Gasteiger partial charge in [-0.3, -0.25) is 19.3 Å². The van der Waals surface area contributed by atoms with Crippen molar-refractivity contribution >= 4 is 27.1 Å². The lowest BCUT2D eigenvalue weighted by atomic mass is 10.3. The molecule has 7 nitrogen and oxygen atoms in total. The summed E-state index contributed by atoms with van der Waals surface area (Å²) in [5.74, 6) is 0.425. The van der Waals surface area contributed by atoms with Crippen LogP contribution in [0.4, 0.5) is 0 Å². The first-order chi connectivity index (χ1) is 9.08. The SMILES string of the molecule is Cn1c(=O)[nH]c(=O)c2[nH]c(-c3ncccc3Br)nc21. The van der Waals surface area contributed by atoms with Gasteiger partial charge >= 0.3 is 5.69 Å². The summed E-state index contributed by atoms with van der Waals surface area (Å²) in [6.45, 7) is 0. The van der Waals surface area contributed by atoms with Crippen molar-refractivity contribution in [1.82, 2.24) is 24.5 Å². The highest BCUT2D eigenvalue weighted by molar-refractivity contribution is 9.10. The van der Waals surface area contributed by atoms with Crippen LogP contribution in [0.1, 0.15) is 0 Å². The Morgan fingerprint density at radius 2 is 2.11 bits per heavy atom. The van der Waals surface area contributed by atoms with Crippen LogP contribution >= 0.6 is 15.9 Å². The summed E-state index contributed by atoms with van der Waals surface area (Å²) in [6, 6.07) is 3.59. The number of aryl methyl sites for hydroxylation is 1. The van der Waals surface area contributed by atoms with Crippen LogP contribution in [0, 0.1) is 0 Å². The van der Waals surface area contributed by atoms with Crippen molar-refractivity contribution in [2.75, 3.05) is 0 Å². The van der Waals surface area contributed by atoms with E-state index in [1.54, 1.807) is 19.3 Å². The quantitative estimate of drug-likeness (QED) is 0.692. The Hall–Kier alpha value is -2.22. The van der Waals surface area contributed by atoms with E-state index in [1.807, 2.05) is 6.07 Å². The number of aromatic amines is 2. The van der Waals surface area contributed by atoms with Gasteiger partial charge in [0.15, 0.2) is 11.5 Å². The van der Waals surface area contributed by atoms with Crippen molar-refractivity contribution < 1.29 is 0 Å². The molecule has 3 heterocycles. The molecular formula is C11H8BrN5O2. The van der Waals surface area contributed by atoms with Gasteiger partial charge in [-0.2, -0.15) is 0 Å². The molecule has 0 aromatic carbocycles. The molecule has 0 amide bonds. The Kier molecular flexibility index (Phi) is 2.59. The van der Waals surface area contributed by atoms with Crippen LogP contribution in [0.25, 0.3) is 22.7 Å². The van der Waals surface area contributed by atoms with E-state index >= 15 is 0 Å². The lowest BCUT2D eigenvalue weighted by Gasteiger charge is -1.97. The third-order valence-electron chi connectivity index (χ3n) is 2.74. The Bertz CT molecular complexity index is 892. The first-order valence-electron chi connectivity index (χ1n) is 5.38. The number of hydrogen-bond acceptors (Lipinski definition) is 4. The third kappa shape index (κ3) is 1.80. The minimum absolute atomic E-state index is 0.245. The fourth-order valence-corrected chi connectivity index (χ4v) is 2.22. The molecule has 0 aliphatic heterocycles. The van der Waals surface area contributed by atoms with Gasteiger partial charge in [0.2, 0.25) is 0 Å². The summed E-state index contributed by atoms with van der Waals surface area (Å²) in [5, 5.41) is 0. The number of pyridine rings is 1. The van der Waals surface area contributed by atoms with E-state index in [1.165, 1.54) is 4.57 Å². The molecule has 3 aromatic heterocycles. The van der Waals surface area contributed by atoms with E-state index in [0.717, 1.165) is 4.47 Å². The number of H-pyrrole nitrogens is 2. The smallest absolute Gasteiger partial charge is 0.329 e. The Morgan fingerprint density at radius 3 is 2.84 bits per heavy atom. The van der Waals surface area contributed by atoms with E-state index in [2.05, 4.69) is 35.9 Å². The standard InChI is InChI=1S/C11H8BrN5O2/c1-17-9-7(10(18)16-11(17)19)14-8(15-9)6-5(12)3-2-4-13-6/h2-4H,1H3,(H,14,15)(H,16,18,19). The number of fused-ring (bicyclic) bond motifs is 1. The van der Waals surface area contributed by atoms with E-state index in [4.69, 9.17) is 0 Å². The van der Waals surface area contributed by atoms with Gasteiger partial charge in [0.25, 0.3) is 5.56 Å². The van der Waals surface area contributed by atoms with Crippen LogP contribution in [-0.2, 0) is 7.05 Å². The Morgan fingerprint density at radius 1 is 1.32 bits per heavy atom. The number of nitrogens with one attached hydrogen (secondary N) is 2. The molecule has 8 heteroatoms. The lowest BCUT2D eigenvalue weighted by Crippen LogP contribution is -2.28. The van der Waals surface area contributed by atoms with Gasteiger partial charge in [0.1, 0.15) is 11.2 Å². The van der Waals surface area contributed by atoms with Crippen LogP contribution in [-0.4, -0.2) is 24.5 Å². The van der Waals surface area contributed by atoms with Crippen LogP contribution < -0.4 is 11.2 Å². The van der Waals surface area contributed by atoms with Crippen molar-refractivity contribution in [2.24, 2.45) is 7.05 Å². The highest BCUT2D eigenvalue weighted by atomic mass is 79.9. The molecule has 0 atom stereocenters. The molecule has 0 aliphatic carbocycles. The highest BCUT2D eigenvalue weighted by Crippen LogP contribution is 2.23. The molecule has 0 bridgehead atoms. The molecule has 3 rings (SSSR count). The van der Waals surface area contributed by atoms with Gasteiger partial charge in [0.05, 0.1) is 0 Å². The second kappa shape index (κ2) is 4.16. The predicted octanol–water partition coefficient (Wildman–Crippen LogP) is 0.774. The van der Waals surface area contributed by atoms with Crippen LogP contribution in [0.15, 0.2) is 32.4 Å². The van der Waals surface area contributed by atoms with Gasteiger partial charge < -0.3 is 4.98 Å². The second-order valence-electron chi connectivity index (χ2n) is 3.94. The van der Waals surface area contributed by atoms with E-state index in [0.29, 0.717) is 17.2 Å². The summed E-state index contributed by atoms with van der Waals surface area (Å²) in [7, 11) is 1.54. The zero-order chi connectivity index (χ0) is 13.6. The maximum atomic E-state index is 11.7. The number of nitrogens with zero attached hydrogens (tertiary/aromatic N) is 3. The third-order valence-corrected chi connectivity index (χ3v) is 3.38. The molecule has 0 saturated carbocycles.